The fraction of sp³-hybridized carbons (Fsp3) is 0.444. The Morgan fingerprint density at radius 1 is 1.15 bits per heavy atom. The van der Waals surface area contributed by atoms with Gasteiger partial charge in [0.2, 0.25) is 11.0 Å². The van der Waals surface area contributed by atoms with E-state index in [0.717, 1.165) is 22.4 Å². The van der Waals surface area contributed by atoms with Crippen LogP contribution in [0, 0.1) is 5.92 Å². The van der Waals surface area contributed by atoms with Crippen LogP contribution in [0.2, 0.25) is 0 Å². The molecule has 0 saturated heterocycles. The van der Waals surface area contributed by atoms with Crippen molar-refractivity contribution in [1.82, 2.24) is 10.2 Å². The molecule has 2 N–H and O–H groups in total. The second-order valence-electron chi connectivity index (χ2n) is 6.15. The Bertz CT molecular complexity index is 744. The highest BCUT2D eigenvalue weighted by Crippen LogP contribution is 2.30. The predicted molar refractivity (Wildman–Crippen MR) is 108 cm³/mol. The zero-order valence-electron chi connectivity index (χ0n) is 15.4. The van der Waals surface area contributed by atoms with Crippen LogP contribution in [0.4, 0.5) is 10.8 Å². The minimum absolute atomic E-state index is 0.0232. The lowest BCUT2D eigenvalue weighted by atomic mass is 10.1. The van der Waals surface area contributed by atoms with Gasteiger partial charge in [0, 0.05) is 23.7 Å². The first-order valence-electron chi connectivity index (χ1n) is 8.59. The largest absolute Gasteiger partial charge is 0.360 e. The van der Waals surface area contributed by atoms with Crippen LogP contribution in [0.1, 0.15) is 44.5 Å². The summed E-state index contributed by atoms with van der Waals surface area (Å²) < 4.78 is 0.769. The molecule has 0 fully saturated rings. The normalized spacial score (nSPS) is 12.0. The number of hydrogen-bond acceptors (Lipinski definition) is 7. The SMILES string of the molecule is CCCNc1nnc(S[C@H](C)C(=O)c2ccc(NC(=O)C(C)C)cc2)s1. The van der Waals surface area contributed by atoms with E-state index in [-0.39, 0.29) is 22.9 Å². The van der Waals surface area contributed by atoms with Gasteiger partial charge in [-0.25, -0.2) is 0 Å². The molecule has 0 aliphatic heterocycles. The molecule has 140 valence electrons. The number of thioether (sulfide) groups is 1. The lowest BCUT2D eigenvalue weighted by Gasteiger charge is -2.10. The van der Waals surface area contributed by atoms with Crippen LogP contribution in [0.3, 0.4) is 0 Å². The van der Waals surface area contributed by atoms with Gasteiger partial charge in [-0.3, -0.25) is 9.59 Å². The maximum absolute atomic E-state index is 12.6. The quantitative estimate of drug-likeness (QED) is 0.488. The first kappa shape index (κ1) is 20.4. The van der Waals surface area contributed by atoms with Crippen molar-refractivity contribution in [2.75, 3.05) is 17.2 Å². The van der Waals surface area contributed by atoms with E-state index in [1.165, 1.54) is 23.1 Å². The number of aromatic nitrogens is 2. The molecule has 0 aliphatic rings. The number of hydrogen-bond donors (Lipinski definition) is 2. The van der Waals surface area contributed by atoms with Crippen LogP contribution in [-0.2, 0) is 4.79 Å². The third-order valence-electron chi connectivity index (χ3n) is 3.54. The number of Topliss-reactive ketones (excluding diaryl/α,β-unsaturated/α-hetero) is 1. The Labute approximate surface area is 162 Å². The summed E-state index contributed by atoms with van der Waals surface area (Å²) >= 11 is 2.86. The van der Waals surface area contributed by atoms with E-state index in [4.69, 9.17) is 0 Å². The van der Waals surface area contributed by atoms with Crippen molar-refractivity contribution in [2.45, 2.75) is 43.7 Å². The molecule has 1 heterocycles. The van der Waals surface area contributed by atoms with E-state index in [9.17, 15) is 9.59 Å². The van der Waals surface area contributed by atoms with E-state index in [1.54, 1.807) is 24.3 Å². The van der Waals surface area contributed by atoms with Crippen LogP contribution < -0.4 is 10.6 Å². The maximum Gasteiger partial charge on any atom is 0.226 e. The molecule has 2 rings (SSSR count). The summed E-state index contributed by atoms with van der Waals surface area (Å²) in [5, 5.41) is 14.7. The molecule has 0 radical (unpaired) electrons. The highest BCUT2D eigenvalue weighted by Gasteiger charge is 2.19. The number of nitrogens with zero attached hydrogens (tertiary/aromatic N) is 2. The van der Waals surface area contributed by atoms with Crippen molar-refractivity contribution < 1.29 is 9.59 Å². The molecular formula is C18H24N4O2S2. The fourth-order valence-electron chi connectivity index (χ4n) is 2.00. The number of anilines is 2. The van der Waals surface area contributed by atoms with Gasteiger partial charge in [-0.2, -0.15) is 0 Å². The molecule has 26 heavy (non-hydrogen) atoms. The average molecular weight is 393 g/mol. The Morgan fingerprint density at radius 2 is 1.85 bits per heavy atom. The van der Waals surface area contributed by atoms with Crippen molar-refractivity contribution in [3.63, 3.8) is 0 Å². The Hall–Kier alpha value is -1.93. The molecule has 8 heteroatoms. The monoisotopic (exact) mass is 392 g/mol. The molecule has 0 aliphatic carbocycles. The van der Waals surface area contributed by atoms with Gasteiger partial charge in [-0.1, -0.05) is 43.9 Å². The predicted octanol–water partition coefficient (Wildman–Crippen LogP) is 4.32. The smallest absolute Gasteiger partial charge is 0.226 e. The summed E-state index contributed by atoms with van der Waals surface area (Å²) in [6, 6.07) is 6.98. The molecule has 1 aromatic heterocycles. The number of carbonyl (C=O) groups excluding carboxylic acids is 2. The van der Waals surface area contributed by atoms with E-state index >= 15 is 0 Å². The maximum atomic E-state index is 12.6. The minimum Gasteiger partial charge on any atom is -0.360 e. The van der Waals surface area contributed by atoms with Gasteiger partial charge in [0.1, 0.15) is 0 Å². The second kappa shape index (κ2) is 9.68. The molecule has 2 aromatic rings. The fourth-order valence-corrected chi connectivity index (χ4v) is 4.00. The van der Waals surface area contributed by atoms with E-state index in [2.05, 4.69) is 27.8 Å². The third-order valence-corrected chi connectivity index (χ3v) is 5.61. The zero-order chi connectivity index (χ0) is 19.1. The molecule has 0 saturated carbocycles. The van der Waals surface area contributed by atoms with Gasteiger partial charge in [0.05, 0.1) is 5.25 Å². The number of amides is 1. The van der Waals surface area contributed by atoms with Crippen molar-refractivity contribution in [2.24, 2.45) is 5.92 Å². The van der Waals surface area contributed by atoms with Gasteiger partial charge in [0.25, 0.3) is 0 Å². The molecular weight excluding hydrogens is 368 g/mol. The summed E-state index contributed by atoms with van der Waals surface area (Å²) in [4.78, 5) is 24.3. The Morgan fingerprint density at radius 3 is 2.46 bits per heavy atom. The summed E-state index contributed by atoms with van der Waals surface area (Å²) in [7, 11) is 0. The first-order chi connectivity index (χ1) is 12.4. The minimum atomic E-state index is -0.266. The second-order valence-corrected chi connectivity index (χ2v) is 8.71. The Kier molecular flexibility index (Phi) is 7.59. The van der Waals surface area contributed by atoms with Crippen LogP contribution >= 0.6 is 23.1 Å². The van der Waals surface area contributed by atoms with Crippen molar-refractivity contribution in [3.05, 3.63) is 29.8 Å². The van der Waals surface area contributed by atoms with Crippen molar-refractivity contribution in [1.29, 1.82) is 0 Å². The molecule has 0 bridgehead atoms. The Balaban J connectivity index is 1.95. The molecule has 1 amide bonds. The summed E-state index contributed by atoms with van der Waals surface area (Å²) in [6.07, 6.45) is 1.02. The molecule has 0 spiro atoms. The van der Waals surface area contributed by atoms with Gasteiger partial charge >= 0.3 is 0 Å². The van der Waals surface area contributed by atoms with E-state index < -0.39 is 0 Å². The molecule has 0 unspecified atom stereocenters. The average Bonchev–Trinajstić information content (AvgIpc) is 3.07. The summed E-state index contributed by atoms with van der Waals surface area (Å²) in [5.41, 5.74) is 1.30. The third kappa shape index (κ3) is 5.81. The summed E-state index contributed by atoms with van der Waals surface area (Å²) in [5.74, 6) is -0.108. The van der Waals surface area contributed by atoms with Gasteiger partial charge in [0.15, 0.2) is 10.1 Å². The van der Waals surface area contributed by atoms with Crippen LogP contribution in [0.5, 0.6) is 0 Å². The van der Waals surface area contributed by atoms with E-state index in [1.807, 2.05) is 20.8 Å². The highest BCUT2D eigenvalue weighted by molar-refractivity contribution is 8.02. The van der Waals surface area contributed by atoms with Crippen molar-refractivity contribution in [3.8, 4) is 0 Å². The highest BCUT2D eigenvalue weighted by atomic mass is 32.2. The van der Waals surface area contributed by atoms with Crippen LogP contribution in [0.25, 0.3) is 0 Å². The summed E-state index contributed by atoms with van der Waals surface area (Å²) in [6.45, 7) is 8.48. The van der Waals surface area contributed by atoms with Crippen LogP contribution in [0.15, 0.2) is 28.6 Å². The van der Waals surface area contributed by atoms with Crippen LogP contribution in [-0.4, -0.2) is 33.7 Å². The molecule has 6 nitrogen and oxygen atoms in total. The van der Waals surface area contributed by atoms with Gasteiger partial charge < -0.3 is 10.6 Å². The topological polar surface area (TPSA) is 84.0 Å². The molecule has 1 aromatic carbocycles. The lowest BCUT2D eigenvalue weighted by molar-refractivity contribution is -0.118. The number of carbonyl (C=O) groups is 2. The first-order valence-corrected chi connectivity index (χ1v) is 10.3. The van der Waals surface area contributed by atoms with Crippen molar-refractivity contribution >= 4 is 45.6 Å². The lowest BCUT2D eigenvalue weighted by Crippen LogP contribution is -2.18. The number of rotatable bonds is 9. The zero-order valence-corrected chi connectivity index (χ0v) is 17.0. The number of benzene rings is 1. The van der Waals surface area contributed by atoms with Gasteiger partial charge in [-0.15, -0.1) is 10.2 Å². The molecule has 1 atom stereocenters. The van der Waals surface area contributed by atoms with E-state index in [0.29, 0.717) is 11.3 Å². The number of nitrogens with one attached hydrogen (secondary N) is 2. The van der Waals surface area contributed by atoms with Gasteiger partial charge in [-0.05, 0) is 37.6 Å². The standard InChI is InChI=1S/C18H24N4O2S2/c1-5-10-19-17-21-22-18(26-17)25-12(4)15(23)13-6-8-14(9-7-13)20-16(24)11(2)3/h6-9,11-12H,5,10H2,1-4H3,(H,19,21)(H,20,24)/t12-/m1/s1. The number of ketones is 1.